The van der Waals surface area contributed by atoms with Crippen LogP contribution in [0.2, 0.25) is 0 Å². The van der Waals surface area contributed by atoms with E-state index < -0.39 is 5.60 Å². The number of ether oxygens (including phenoxy) is 1. The minimum absolute atomic E-state index is 0.214. The van der Waals surface area contributed by atoms with Crippen LogP contribution in [-0.4, -0.2) is 51.2 Å². The molecule has 5 nitrogen and oxygen atoms in total. The van der Waals surface area contributed by atoms with Gasteiger partial charge < -0.3 is 9.84 Å². The van der Waals surface area contributed by atoms with Gasteiger partial charge in [-0.15, -0.1) is 0 Å². The van der Waals surface area contributed by atoms with Crippen LogP contribution in [-0.2, 0) is 11.3 Å². The summed E-state index contributed by atoms with van der Waals surface area (Å²) in [5, 5.41) is 15.7. The van der Waals surface area contributed by atoms with E-state index in [-0.39, 0.29) is 5.92 Å². The zero-order chi connectivity index (χ0) is 16.6. The number of rotatable bonds is 4. The zero-order valence-electron chi connectivity index (χ0n) is 14.9. The van der Waals surface area contributed by atoms with Crippen LogP contribution < -0.4 is 0 Å². The molecule has 4 rings (SSSR count). The fraction of sp³-hybridized carbons (Fsp3) is 0.842. The Kier molecular flexibility index (Phi) is 4.67. The van der Waals surface area contributed by atoms with Crippen LogP contribution in [0.15, 0.2) is 12.3 Å². The summed E-state index contributed by atoms with van der Waals surface area (Å²) in [4.78, 5) is 2.52. The molecule has 1 aromatic rings. The van der Waals surface area contributed by atoms with Crippen LogP contribution >= 0.6 is 0 Å². The first-order valence-corrected chi connectivity index (χ1v) is 9.72. The van der Waals surface area contributed by atoms with Crippen LogP contribution in [0.25, 0.3) is 0 Å². The fourth-order valence-electron chi connectivity index (χ4n) is 4.93. The van der Waals surface area contributed by atoms with Crippen molar-refractivity contribution in [1.29, 1.82) is 0 Å². The molecule has 5 heteroatoms. The molecule has 1 saturated carbocycles. The summed E-state index contributed by atoms with van der Waals surface area (Å²) >= 11 is 0. The van der Waals surface area contributed by atoms with E-state index in [1.165, 1.54) is 37.8 Å². The van der Waals surface area contributed by atoms with E-state index in [2.05, 4.69) is 21.8 Å². The summed E-state index contributed by atoms with van der Waals surface area (Å²) in [6, 6.07) is 3.21. The molecule has 24 heavy (non-hydrogen) atoms. The molecule has 3 aliphatic rings. The van der Waals surface area contributed by atoms with Crippen LogP contribution in [0.1, 0.15) is 63.6 Å². The number of hydrogen-bond acceptors (Lipinski definition) is 4. The third-order valence-electron chi connectivity index (χ3n) is 6.45. The molecule has 0 amide bonds. The predicted octanol–water partition coefficient (Wildman–Crippen LogP) is 2.75. The monoisotopic (exact) mass is 333 g/mol. The van der Waals surface area contributed by atoms with E-state index in [9.17, 15) is 5.11 Å². The van der Waals surface area contributed by atoms with Crippen molar-refractivity contribution in [3.8, 4) is 0 Å². The van der Waals surface area contributed by atoms with E-state index in [0.717, 1.165) is 25.9 Å². The normalized spacial score (nSPS) is 35.8. The number of nitrogens with zero attached hydrogens (tertiary/aromatic N) is 3. The summed E-state index contributed by atoms with van der Waals surface area (Å²) in [5.41, 5.74) is 0.569. The molecule has 3 fully saturated rings. The van der Waals surface area contributed by atoms with Gasteiger partial charge >= 0.3 is 0 Å². The van der Waals surface area contributed by atoms with E-state index in [1.807, 2.05) is 6.92 Å². The number of aliphatic hydroxyl groups is 1. The smallest absolute Gasteiger partial charge is 0.0765 e. The van der Waals surface area contributed by atoms with E-state index >= 15 is 0 Å². The molecular formula is C19H31N3O2. The van der Waals surface area contributed by atoms with E-state index in [0.29, 0.717) is 25.3 Å². The lowest BCUT2D eigenvalue weighted by Crippen LogP contribution is -2.52. The van der Waals surface area contributed by atoms with Crippen LogP contribution in [0.4, 0.5) is 0 Å². The van der Waals surface area contributed by atoms with Gasteiger partial charge in [-0.25, -0.2) is 0 Å². The zero-order valence-corrected chi connectivity index (χ0v) is 14.9. The van der Waals surface area contributed by atoms with Gasteiger partial charge in [-0.05, 0) is 51.6 Å². The highest BCUT2D eigenvalue weighted by Gasteiger charge is 2.44. The standard InChI is InChI=1S/C19H31N3O2/c1-19(23)9-12-24-14-17(19)18-7-4-10-21(18)13-15-8-11-22(20-15)16-5-2-3-6-16/h8,11,16-18,23H,2-7,9-10,12-14H2,1H3/t17-,18+,19-/m0/s1. The van der Waals surface area contributed by atoms with Gasteiger partial charge in [0.15, 0.2) is 0 Å². The van der Waals surface area contributed by atoms with Crippen LogP contribution in [0.3, 0.4) is 0 Å². The lowest BCUT2D eigenvalue weighted by atomic mass is 9.79. The first kappa shape index (κ1) is 16.6. The van der Waals surface area contributed by atoms with Gasteiger partial charge in [0, 0.05) is 31.3 Å². The van der Waals surface area contributed by atoms with Gasteiger partial charge in [0.05, 0.1) is 23.9 Å². The first-order valence-electron chi connectivity index (χ1n) is 9.72. The third-order valence-corrected chi connectivity index (χ3v) is 6.45. The van der Waals surface area contributed by atoms with Crippen molar-refractivity contribution < 1.29 is 9.84 Å². The Morgan fingerprint density at radius 3 is 2.92 bits per heavy atom. The summed E-state index contributed by atoms with van der Waals surface area (Å²) < 4.78 is 7.88. The summed E-state index contributed by atoms with van der Waals surface area (Å²) in [6.45, 7) is 5.36. The van der Waals surface area contributed by atoms with Gasteiger partial charge in [-0.3, -0.25) is 9.58 Å². The maximum absolute atomic E-state index is 10.8. The minimum atomic E-state index is -0.602. The van der Waals surface area contributed by atoms with E-state index in [4.69, 9.17) is 9.84 Å². The van der Waals surface area contributed by atoms with Crippen molar-refractivity contribution in [3.05, 3.63) is 18.0 Å². The summed E-state index contributed by atoms with van der Waals surface area (Å²) in [6.07, 6.45) is 10.5. The SMILES string of the molecule is C[C@]1(O)CCOC[C@H]1[C@H]1CCCN1Cc1ccn(C2CCCC2)n1. The lowest BCUT2D eigenvalue weighted by molar-refractivity contribution is -0.123. The topological polar surface area (TPSA) is 50.5 Å². The summed E-state index contributed by atoms with van der Waals surface area (Å²) in [7, 11) is 0. The number of likely N-dealkylation sites (tertiary alicyclic amines) is 1. The minimum Gasteiger partial charge on any atom is -0.390 e. The summed E-state index contributed by atoms with van der Waals surface area (Å²) in [5.74, 6) is 0.214. The number of aromatic nitrogens is 2. The Hall–Kier alpha value is -0.910. The molecule has 134 valence electrons. The van der Waals surface area contributed by atoms with Gasteiger partial charge in [-0.2, -0.15) is 5.10 Å². The molecule has 3 heterocycles. The maximum atomic E-state index is 10.8. The third kappa shape index (κ3) is 3.26. The maximum Gasteiger partial charge on any atom is 0.0765 e. The molecule has 1 aliphatic carbocycles. The molecule has 0 aromatic carbocycles. The van der Waals surface area contributed by atoms with Crippen molar-refractivity contribution in [2.45, 2.75) is 76.1 Å². The van der Waals surface area contributed by atoms with Crippen molar-refractivity contribution in [1.82, 2.24) is 14.7 Å². The predicted molar refractivity (Wildman–Crippen MR) is 92.7 cm³/mol. The Morgan fingerprint density at radius 1 is 1.29 bits per heavy atom. The Balaban J connectivity index is 1.43. The highest BCUT2D eigenvalue weighted by Crippen LogP contribution is 2.36. The highest BCUT2D eigenvalue weighted by atomic mass is 16.5. The molecule has 0 unspecified atom stereocenters. The Labute approximate surface area is 145 Å². The lowest BCUT2D eigenvalue weighted by Gasteiger charge is -2.43. The molecule has 3 atom stereocenters. The van der Waals surface area contributed by atoms with Crippen molar-refractivity contribution in [2.24, 2.45) is 5.92 Å². The van der Waals surface area contributed by atoms with Crippen LogP contribution in [0.5, 0.6) is 0 Å². The average Bonchev–Trinajstić information content (AvgIpc) is 3.28. The van der Waals surface area contributed by atoms with Crippen LogP contribution in [0, 0.1) is 5.92 Å². The Morgan fingerprint density at radius 2 is 2.12 bits per heavy atom. The molecule has 0 bridgehead atoms. The molecule has 2 aliphatic heterocycles. The second-order valence-electron chi connectivity index (χ2n) is 8.19. The van der Waals surface area contributed by atoms with Crippen molar-refractivity contribution in [3.63, 3.8) is 0 Å². The van der Waals surface area contributed by atoms with Gasteiger partial charge in [0.25, 0.3) is 0 Å². The largest absolute Gasteiger partial charge is 0.390 e. The molecule has 2 saturated heterocycles. The fourth-order valence-corrected chi connectivity index (χ4v) is 4.93. The highest BCUT2D eigenvalue weighted by molar-refractivity contribution is 5.03. The first-order chi connectivity index (χ1) is 11.6. The molecular weight excluding hydrogens is 302 g/mol. The van der Waals surface area contributed by atoms with Gasteiger partial charge in [0.2, 0.25) is 0 Å². The van der Waals surface area contributed by atoms with Crippen molar-refractivity contribution >= 4 is 0 Å². The molecule has 0 spiro atoms. The molecule has 0 radical (unpaired) electrons. The molecule has 1 aromatic heterocycles. The number of hydrogen-bond donors (Lipinski definition) is 1. The second-order valence-corrected chi connectivity index (χ2v) is 8.19. The quantitative estimate of drug-likeness (QED) is 0.920. The van der Waals surface area contributed by atoms with Crippen molar-refractivity contribution in [2.75, 3.05) is 19.8 Å². The molecule has 1 N–H and O–H groups in total. The van der Waals surface area contributed by atoms with Gasteiger partial charge in [0.1, 0.15) is 0 Å². The van der Waals surface area contributed by atoms with E-state index in [1.54, 1.807) is 0 Å². The Bertz CT molecular complexity index is 551. The second kappa shape index (κ2) is 6.77. The van der Waals surface area contributed by atoms with Gasteiger partial charge in [-0.1, -0.05) is 12.8 Å². The average molecular weight is 333 g/mol.